The van der Waals surface area contributed by atoms with E-state index in [1.165, 1.54) is 11.3 Å². The second kappa shape index (κ2) is 4.61. The van der Waals surface area contributed by atoms with Crippen molar-refractivity contribution in [3.63, 3.8) is 0 Å². The first-order valence-electron chi connectivity index (χ1n) is 6.63. The zero-order chi connectivity index (χ0) is 12.5. The van der Waals surface area contributed by atoms with E-state index in [2.05, 4.69) is 34.6 Å². The van der Waals surface area contributed by atoms with Crippen LogP contribution < -0.4 is 15.5 Å². The maximum atomic E-state index is 11.5. The van der Waals surface area contributed by atoms with Gasteiger partial charge in [0.2, 0.25) is 5.91 Å². The SMILES string of the molecule is CC1CC(=O)Nc2ccc(N3CCNCC3)cc21. The number of rotatable bonds is 1. The molecule has 0 saturated carbocycles. The molecule has 2 aliphatic heterocycles. The molecule has 96 valence electrons. The van der Waals surface area contributed by atoms with Gasteiger partial charge in [0.1, 0.15) is 0 Å². The van der Waals surface area contributed by atoms with Gasteiger partial charge >= 0.3 is 0 Å². The van der Waals surface area contributed by atoms with Crippen LogP contribution >= 0.6 is 0 Å². The van der Waals surface area contributed by atoms with Gasteiger partial charge in [-0.1, -0.05) is 6.92 Å². The Bertz CT molecular complexity index is 466. The van der Waals surface area contributed by atoms with Crippen LogP contribution in [0, 0.1) is 0 Å². The van der Waals surface area contributed by atoms with Crippen molar-refractivity contribution in [2.75, 3.05) is 36.4 Å². The monoisotopic (exact) mass is 245 g/mol. The predicted molar refractivity (Wildman–Crippen MR) is 73.2 cm³/mol. The number of benzene rings is 1. The largest absolute Gasteiger partial charge is 0.369 e. The molecule has 2 N–H and O–H groups in total. The van der Waals surface area contributed by atoms with Crippen LogP contribution in [0.2, 0.25) is 0 Å². The van der Waals surface area contributed by atoms with Gasteiger partial charge in [0.15, 0.2) is 0 Å². The van der Waals surface area contributed by atoms with E-state index in [1.807, 2.05) is 6.07 Å². The minimum absolute atomic E-state index is 0.130. The van der Waals surface area contributed by atoms with E-state index in [4.69, 9.17) is 0 Å². The van der Waals surface area contributed by atoms with Gasteiger partial charge < -0.3 is 15.5 Å². The normalized spacial score (nSPS) is 23.5. The van der Waals surface area contributed by atoms with Gasteiger partial charge in [-0.3, -0.25) is 4.79 Å². The molecule has 1 aromatic rings. The highest BCUT2D eigenvalue weighted by atomic mass is 16.1. The Labute approximate surface area is 107 Å². The Hall–Kier alpha value is -1.55. The number of nitrogens with zero attached hydrogens (tertiary/aromatic N) is 1. The fraction of sp³-hybridized carbons (Fsp3) is 0.500. The van der Waals surface area contributed by atoms with Crippen LogP contribution in [0.15, 0.2) is 18.2 Å². The number of fused-ring (bicyclic) bond motifs is 1. The van der Waals surface area contributed by atoms with Gasteiger partial charge in [-0.25, -0.2) is 0 Å². The van der Waals surface area contributed by atoms with E-state index in [-0.39, 0.29) is 5.91 Å². The Kier molecular flexibility index (Phi) is 2.96. The highest BCUT2D eigenvalue weighted by Crippen LogP contribution is 2.34. The molecular formula is C14H19N3O. The molecule has 0 radical (unpaired) electrons. The fourth-order valence-corrected chi connectivity index (χ4v) is 2.78. The molecule has 18 heavy (non-hydrogen) atoms. The highest BCUT2D eigenvalue weighted by Gasteiger charge is 2.22. The Morgan fingerprint density at radius 2 is 2.06 bits per heavy atom. The molecule has 2 heterocycles. The summed E-state index contributed by atoms with van der Waals surface area (Å²) in [4.78, 5) is 13.9. The van der Waals surface area contributed by atoms with Crippen LogP contribution in [0.4, 0.5) is 11.4 Å². The van der Waals surface area contributed by atoms with E-state index in [9.17, 15) is 4.79 Å². The Morgan fingerprint density at radius 1 is 1.28 bits per heavy atom. The second-order valence-electron chi connectivity index (χ2n) is 5.16. The number of hydrogen-bond acceptors (Lipinski definition) is 3. The third kappa shape index (κ3) is 2.08. The Morgan fingerprint density at radius 3 is 2.83 bits per heavy atom. The van der Waals surface area contributed by atoms with Crippen LogP contribution in [0.3, 0.4) is 0 Å². The van der Waals surface area contributed by atoms with Crippen molar-refractivity contribution >= 4 is 17.3 Å². The van der Waals surface area contributed by atoms with Crippen molar-refractivity contribution in [1.29, 1.82) is 0 Å². The van der Waals surface area contributed by atoms with Crippen LogP contribution in [0.1, 0.15) is 24.8 Å². The van der Waals surface area contributed by atoms with Gasteiger partial charge in [0.25, 0.3) is 0 Å². The molecule has 0 aliphatic carbocycles. The molecule has 0 aromatic heterocycles. The minimum atomic E-state index is 0.130. The molecule has 2 aliphatic rings. The lowest BCUT2D eigenvalue weighted by atomic mass is 9.92. The first kappa shape index (κ1) is 11.5. The number of anilines is 2. The van der Waals surface area contributed by atoms with Gasteiger partial charge in [0.05, 0.1) is 0 Å². The average Bonchev–Trinajstić information content (AvgIpc) is 2.39. The van der Waals surface area contributed by atoms with Crippen molar-refractivity contribution in [3.8, 4) is 0 Å². The molecule has 4 heteroatoms. The molecule has 1 saturated heterocycles. The molecule has 4 nitrogen and oxygen atoms in total. The zero-order valence-electron chi connectivity index (χ0n) is 10.7. The third-order valence-electron chi connectivity index (χ3n) is 3.81. The number of amides is 1. The molecule has 1 unspecified atom stereocenters. The summed E-state index contributed by atoms with van der Waals surface area (Å²) in [6, 6.07) is 6.40. The maximum Gasteiger partial charge on any atom is 0.224 e. The van der Waals surface area contributed by atoms with E-state index in [0.29, 0.717) is 12.3 Å². The predicted octanol–water partition coefficient (Wildman–Crippen LogP) is 1.54. The molecule has 1 amide bonds. The summed E-state index contributed by atoms with van der Waals surface area (Å²) in [7, 11) is 0. The lowest BCUT2D eigenvalue weighted by molar-refractivity contribution is -0.116. The lowest BCUT2D eigenvalue weighted by Crippen LogP contribution is -2.43. The smallest absolute Gasteiger partial charge is 0.224 e. The number of carbonyl (C=O) groups excluding carboxylic acids is 1. The number of carbonyl (C=O) groups is 1. The van der Waals surface area contributed by atoms with Crippen LogP contribution in [-0.2, 0) is 4.79 Å². The zero-order valence-corrected chi connectivity index (χ0v) is 10.7. The first-order valence-corrected chi connectivity index (χ1v) is 6.63. The molecule has 1 aromatic carbocycles. The molecule has 1 atom stereocenters. The summed E-state index contributed by atoms with van der Waals surface area (Å²) < 4.78 is 0. The fourth-order valence-electron chi connectivity index (χ4n) is 2.78. The number of hydrogen-bond donors (Lipinski definition) is 2. The van der Waals surface area contributed by atoms with Crippen molar-refractivity contribution in [2.45, 2.75) is 19.3 Å². The minimum Gasteiger partial charge on any atom is -0.369 e. The summed E-state index contributed by atoms with van der Waals surface area (Å²) >= 11 is 0. The van der Waals surface area contributed by atoms with E-state index >= 15 is 0 Å². The molecule has 1 fully saturated rings. The summed E-state index contributed by atoms with van der Waals surface area (Å²) in [5.41, 5.74) is 3.53. The van der Waals surface area contributed by atoms with Gasteiger partial charge in [-0.15, -0.1) is 0 Å². The van der Waals surface area contributed by atoms with Gasteiger partial charge in [-0.05, 0) is 29.7 Å². The van der Waals surface area contributed by atoms with Gasteiger partial charge in [-0.2, -0.15) is 0 Å². The summed E-state index contributed by atoms with van der Waals surface area (Å²) in [5.74, 6) is 0.446. The standard InChI is InChI=1S/C14H19N3O/c1-10-8-14(18)16-13-3-2-11(9-12(10)13)17-6-4-15-5-7-17/h2-3,9-10,15H,4-8H2,1H3,(H,16,18). The van der Waals surface area contributed by atoms with Crippen molar-refractivity contribution in [3.05, 3.63) is 23.8 Å². The molecule has 0 spiro atoms. The maximum absolute atomic E-state index is 11.5. The molecule has 3 rings (SSSR count). The quantitative estimate of drug-likeness (QED) is 0.789. The van der Waals surface area contributed by atoms with E-state index in [0.717, 1.165) is 31.9 Å². The Balaban J connectivity index is 1.90. The summed E-state index contributed by atoms with van der Waals surface area (Å²) in [5, 5.41) is 6.31. The topological polar surface area (TPSA) is 44.4 Å². The van der Waals surface area contributed by atoms with Crippen LogP contribution in [0.25, 0.3) is 0 Å². The third-order valence-corrected chi connectivity index (χ3v) is 3.81. The molecular weight excluding hydrogens is 226 g/mol. The number of nitrogens with one attached hydrogen (secondary N) is 2. The van der Waals surface area contributed by atoms with Crippen LogP contribution in [0.5, 0.6) is 0 Å². The van der Waals surface area contributed by atoms with Crippen molar-refractivity contribution in [2.24, 2.45) is 0 Å². The second-order valence-corrected chi connectivity index (χ2v) is 5.16. The van der Waals surface area contributed by atoms with E-state index < -0.39 is 0 Å². The van der Waals surface area contributed by atoms with E-state index in [1.54, 1.807) is 0 Å². The average molecular weight is 245 g/mol. The van der Waals surface area contributed by atoms with Crippen molar-refractivity contribution < 1.29 is 4.79 Å². The first-order chi connectivity index (χ1) is 8.74. The number of piperazine rings is 1. The highest BCUT2D eigenvalue weighted by molar-refractivity contribution is 5.95. The summed E-state index contributed by atoms with van der Waals surface area (Å²) in [6.07, 6.45) is 0.595. The van der Waals surface area contributed by atoms with Crippen molar-refractivity contribution in [1.82, 2.24) is 5.32 Å². The lowest BCUT2D eigenvalue weighted by Gasteiger charge is -2.31. The summed E-state index contributed by atoms with van der Waals surface area (Å²) in [6.45, 7) is 6.32. The van der Waals surface area contributed by atoms with Gasteiger partial charge in [0, 0.05) is 44.0 Å². The molecule has 0 bridgehead atoms. The van der Waals surface area contributed by atoms with Crippen LogP contribution in [-0.4, -0.2) is 32.1 Å².